The molecule has 0 spiro atoms. The molecule has 0 rings (SSSR count). The molecule has 88 valence electrons. The summed E-state index contributed by atoms with van der Waals surface area (Å²) in [5.74, 6) is 0.358. The fraction of sp³-hybridized carbons (Fsp3) is 0.750. The Labute approximate surface area is 92.9 Å². The van der Waals surface area contributed by atoms with Crippen LogP contribution in [0.25, 0.3) is 0 Å². The van der Waals surface area contributed by atoms with E-state index in [0.717, 1.165) is 13.0 Å². The van der Waals surface area contributed by atoms with E-state index >= 15 is 0 Å². The van der Waals surface area contributed by atoms with Crippen LogP contribution in [0.4, 0.5) is 0 Å². The molecule has 0 aliphatic heterocycles. The number of esters is 1. The number of carbonyl (C=O) groups is 1. The average Bonchev–Trinajstić information content (AvgIpc) is 2.22. The molecule has 0 saturated carbocycles. The van der Waals surface area contributed by atoms with Crippen molar-refractivity contribution >= 4 is 5.97 Å². The molecular formula is C12H23NO2. The van der Waals surface area contributed by atoms with Gasteiger partial charge in [-0.05, 0) is 19.3 Å². The summed E-state index contributed by atoms with van der Waals surface area (Å²) in [4.78, 5) is 11.1. The first-order valence-corrected chi connectivity index (χ1v) is 5.51. The van der Waals surface area contributed by atoms with Crippen LogP contribution in [0.3, 0.4) is 0 Å². The topological polar surface area (TPSA) is 38.3 Å². The van der Waals surface area contributed by atoms with Crippen LogP contribution in [-0.2, 0) is 9.53 Å². The van der Waals surface area contributed by atoms with Crippen LogP contribution in [0.15, 0.2) is 11.6 Å². The zero-order valence-electron chi connectivity index (χ0n) is 10.5. The second kappa shape index (κ2) is 7.46. The van der Waals surface area contributed by atoms with Crippen LogP contribution in [-0.4, -0.2) is 25.7 Å². The number of methoxy groups -OCH3 is 1. The quantitative estimate of drug-likeness (QED) is 0.542. The van der Waals surface area contributed by atoms with E-state index in [1.807, 2.05) is 6.08 Å². The van der Waals surface area contributed by atoms with Crippen molar-refractivity contribution in [2.24, 2.45) is 5.92 Å². The Kier molecular flexibility index (Phi) is 7.05. The standard InChI is InChI=1S/C12H23NO2/c1-6-11(9(2)3)13-8-7-10(4)12(14)15-5/h7,9,11,13H,6,8H2,1-5H3/b10-7-. The van der Waals surface area contributed by atoms with Crippen molar-refractivity contribution < 1.29 is 9.53 Å². The zero-order valence-corrected chi connectivity index (χ0v) is 10.5. The van der Waals surface area contributed by atoms with Gasteiger partial charge in [-0.25, -0.2) is 4.79 Å². The molecule has 0 aromatic heterocycles. The van der Waals surface area contributed by atoms with Gasteiger partial charge in [-0.1, -0.05) is 26.8 Å². The lowest BCUT2D eigenvalue weighted by molar-refractivity contribution is -0.136. The minimum absolute atomic E-state index is 0.255. The first-order valence-electron chi connectivity index (χ1n) is 5.51. The van der Waals surface area contributed by atoms with Gasteiger partial charge in [0.2, 0.25) is 0 Å². The molecule has 1 unspecified atom stereocenters. The van der Waals surface area contributed by atoms with Crippen molar-refractivity contribution in [1.29, 1.82) is 0 Å². The van der Waals surface area contributed by atoms with E-state index in [1.54, 1.807) is 6.92 Å². The predicted molar refractivity (Wildman–Crippen MR) is 62.7 cm³/mol. The highest BCUT2D eigenvalue weighted by Crippen LogP contribution is 2.05. The number of ether oxygens (including phenoxy) is 1. The van der Waals surface area contributed by atoms with Crippen molar-refractivity contribution in [3.63, 3.8) is 0 Å². The van der Waals surface area contributed by atoms with Gasteiger partial charge >= 0.3 is 5.97 Å². The Balaban J connectivity index is 4.00. The SMILES string of the molecule is CCC(NC/C=C(/C)C(=O)OC)C(C)C. The Bertz CT molecular complexity index is 222. The molecule has 0 saturated heterocycles. The highest BCUT2D eigenvalue weighted by atomic mass is 16.5. The van der Waals surface area contributed by atoms with Crippen LogP contribution in [0.5, 0.6) is 0 Å². The third-order valence-corrected chi connectivity index (χ3v) is 2.54. The lowest BCUT2D eigenvalue weighted by atomic mass is 10.0. The smallest absolute Gasteiger partial charge is 0.333 e. The average molecular weight is 213 g/mol. The van der Waals surface area contributed by atoms with Gasteiger partial charge in [0.05, 0.1) is 7.11 Å². The van der Waals surface area contributed by atoms with E-state index < -0.39 is 0 Å². The molecule has 0 aromatic rings. The molecule has 3 heteroatoms. The van der Waals surface area contributed by atoms with Crippen LogP contribution < -0.4 is 5.32 Å². The molecular weight excluding hydrogens is 190 g/mol. The summed E-state index contributed by atoms with van der Waals surface area (Å²) in [6.07, 6.45) is 2.97. The van der Waals surface area contributed by atoms with Gasteiger partial charge in [0, 0.05) is 18.2 Å². The van der Waals surface area contributed by atoms with E-state index in [4.69, 9.17) is 0 Å². The number of hydrogen-bond acceptors (Lipinski definition) is 3. The van der Waals surface area contributed by atoms with Crippen LogP contribution in [0.1, 0.15) is 34.1 Å². The third kappa shape index (κ3) is 5.57. The fourth-order valence-electron chi connectivity index (χ4n) is 1.46. The minimum atomic E-state index is -0.255. The van der Waals surface area contributed by atoms with Crippen molar-refractivity contribution in [2.45, 2.75) is 40.2 Å². The van der Waals surface area contributed by atoms with Crippen molar-refractivity contribution in [2.75, 3.05) is 13.7 Å². The van der Waals surface area contributed by atoms with E-state index in [0.29, 0.717) is 17.5 Å². The van der Waals surface area contributed by atoms with Crippen LogP contribution in [0.2, 0.25) is 0 Å². The van der Waals surface area contributed by atoms with Gasteiger partial charge in [0.15, 0.2) is 0 Å². The van der Waals surface area contributed by atoms with Gasteiger partial charge in [-0.3, -0.25) is 0 Å². The van der Waals surface area contributed by atoms with Crippen molar-refractivity contribution in [1.82, 2.24) is 5.32 Å². The summed E-state index contributed by atoms with van der Waals surface area (Å²) < 4.78 is 4.61. The summed E-state index contributed by atoms with van der Waals surface area (Å²) in [6, 6.07) is 0.506. The van der Waals surface area contributed by atoms with Crippen LogP contribution >= 0.6 is 0 Å². The zero-order chi connectivity index (χ0) is 11.8. The summed E-state index contributed by atoms with van der Waals surface area (Å²) in [5, 5.41) is 3.39. The largest absolute Gasteiger partial charge is 0.466 e. The molecule has 0 heterocycles. The lowest BCUT2D eigenvalue weighted by Gasteiger charge is -2.19. The molecule has 1 N–H and O–H groups in total. The Hall–Kier alpha value is -0.830. The Morgan fingerprint density at radius 2 is 2.07 bits per heavy atom. The predicted octanol–water partition coefficient (Wildman–Crippen LogP) is 2.13. The van der Waals surface area contributed by atoms with Gasteiger partial charge in [0.25, 0.3) is 0 Å². The summed E-state index contributed by atoms with van der Waals surface area (Å²) >= 11 is 0. The highest BCUT2D eigenvalue weighted by molar-refractivity contribution is 5.87. The molecule has 0 amide bonds. The van der Waals surface area contributed by atoms with Gasteiger partial charge in [-0.15, -0.1) is 0 Å². The Morgan fingerprint density at radius 1 is 1.47 bits per heavy atom. The molecule has 1 atom stereocenters. The fourth-order valence-corrected chi connectivity index (χ4v) is 1.46. The molecule has 0 aliphatic rings. The maximum Gasteiger partial charge on any atom is 0.333 e. The monoisotopic (exact) mass is 213 g/mol. The minimum Gasteiger partial charge on any atom is -0.466 e. The molecule has 0 aromatic carbocycles. The van der Waals surface area contributed by atoms with Gasteiger partial charge < -0.3 is 10.1 Å². The second-order valence-corrected chi connectivity index (χ2v) is 4.05. The maximum atomic E-state index is 11.1. The summed E-state index contributed by atoms with van der Waals surface area (Å²) in [7, 11) is 1.40. The van der Waals surface area contributed by atoms with Crippen molar-refractivity contribution in [3.8, 4) is 0 Å². The molecule has 3 nitrogen and oxygen atoms in total. The van der Waals surface area contributed by atoms with E-state index in [-0.39, 0.29) is 5.97 Å². The first-order chi connectivity index (χ1) is 7.02. The molecule has 0 aliphatic carbocycles. The van der Waals surface area contributed by atoms with E-state index in [2.05, 4.69) is 30.8 Å². The normalized spacial score (nSPS) is 14.1. The lowest BCUT2D eigenvalue weighted by Crippen LogP contribution is -2.33. The summed E-state index contributed by atoms with van der Waals surface area (Å²) in [6.45, 7) is 9.03. The molecule has 0 fully saturated rings. The van der Waals surface area contributed by atoms with Gasteiger partial charge in [0.1, 0.15) is 0 Å². The molecule has 0 radical (unpaired) electrons. The first kappa shape index (κ1) is 14.2. The van der Waals surface area contributed by atoms with Gasteiger partial charge in [-0.2, -0.15) is 0 Å². The number of rotatable bonds is 6. The van der Waals surface area contributed by atoms with E-state index in [1.165, 1.54) is 7.11 Å². The summed E-state index contributed by atoms with van der Waals surface area (Å²) in [5.41, 5.74) is 0.656. The second-order valence-electron chi connectivity index (χ2n) is 4.05. The highest BCUT2D eigenvalue weighted by Gasteiger charge is 2.09. The number of hydrogen-bond donors (Lipinski definition) is 1. The number of nitrogens with one attached hydrogen (secondary N) is 1. The van der Waals surface area contributed by atoms with Crippen LogP contribution in [0, 0.1) is 5.92 Å². The molecule has 15 heavy (non-hydrogen) atoms. The molecule has 0 bridgehead atoms. The maximum absolute atomic E-state index is 11.1. The third-order valence-electron chi connectivity index (χ3n) is 2.54. The number of carbonyl (C=O) groups excluding carboxylic acids is 1. The van der Waals surface area contributed by atoms with E-state index in [9.17, 15) is 4.79 Å². The van der Waals surface area contributed by atoms with Crippen molar-refractivity contribution in [3.05, 3.63) is 11.6 Å². The Morgan fingerprint density at radius 3 is 2.47 bits per heavy atom.